The lowest BCUT2D eigenvalue weighted by atomic mass is 10.5. The first-order valence-corrected chi connectivity index (χ1v) is 4.58. The monoisotopic (exact) mass is 198 g/mol. The molecule has 78 valence electrons. The molecule has 0 radical (unpaired) electrons. The van der Waals surface area contributed by atoms with E-state index < -0.39 is 0 Å². The van der Waals surface area contributed by atoms with Gasteiger partial charge in [-0.2, -0.15) is 5.10 Å². The molecule has 0 amide bonds. The fraction of sp³-hybridized carbons (Fsp3) is 0.556. The summed E-state index contributed by atoms with van der Waals surface area (Å²) in [5.74, 6) is 0.467. The fourth-order valence-electron chi connectivity index (χ4n) is 0.902. The molecule has 1 aromatic heterocycles. The maximum Gasteiger partial charge on any atom is 0.267 e. The molecule has 0 bridgehead atoms. The first-order chi connectivity index (χ1) is 6.83. The largest absolute Gasteiger partial charge is 0.489 e. The summed E-state index contributed by atoms with van der Waals surface area (Å²) in [4.78, 5) is 10.8. The molecule has 0 aliphatic rings. The second-order valence-electron chi connectivity index (χ2n) is 2.74. The lowest BCUT2D eigenvalue weighted by Crippen LogP contribution is -2.10. The molecule has 5 heteroatoms. The normalized spacial score (nSPS) is 10.1. The second kappa shape index (κ2) is 6.15. The number of nitrogens with one attached hydrogen (secondary N) is 1. The van der Waals surface area contributed by atoms with Crippen LogP contribution < -0.4 is 10.3 Å². The molecular formula is C9H14N2O3. The van der Waals surface area contributed by atoms with Crippen molar-refractivity contribution in [3.8, 4) is 5.75 Å². The van der Waals surface area contributed by atoms with Crippen LogP contribution in [0.25, 0.3) is 0 Å². The first kappa shape index (κ1) is 10.7. The zero-order chi connectivity index (χ0) is 10.2. The Morgan fingerprint density at radius 2 is 2.29 bits per heavy atom. The van der Waals surface area contributed by atoms with Crippen molar-refractivity contribution in [2.45, 2.75) is 13.3 Å². The Morgan fingerprint density at radius 1 is 1.43 bits per heavy atom. The van der Waals surface area contributed by atoms with Gasteiger partial charge in [-0.3, -0.25) is 4.79 Å². The number of hydrogen-bond acceptors (Lipinski definition) is 4. The summed E-state index contributed by atoms with van der Waals surface area (Å²) in [5, 5.41) is 5.86. The summed E-state index contributed by atoms with van der Waals surface area (Å²) < 4.78 is 10.4. The van der Waals surface area contributed by atoms with E-state index in [1.54, 1.807) is 0 Å². The molecule has 0 unspecified atom stereocenters. The number of ether oxygens (including phenoxy) is 2. The number of aromatic amines is 1. The van der Waals surface area contributed by atoms with Gasteiger partial charge in [0, 0.05) is 12.7 Å². The number of rotatable bonds is 6. The summed E-state index contributed by atoms with van der Waals surface area (Å²) in [6.07, 6.45) is 2.45. The van der Waals surface area contributed by atoms with Gasteiger partial charge in [0.2, 0.25) is 0 Å². The highest BCUT2D eigenvalue weighted by Gasteiger charge is 1.94. The minimum Gasteiger partial charge on any atom is -0.489 e. The van der Waals surface area contributed by atoms with E-state index in [-0.39, 0.29) is 5.56 Å². The quantitative estimate of drug-likeness (QED) is 0.679. The SMILES string of the molecule is CCCOCCOc1cn[nH]c(=O)c1. The molecule has 1 N–H and O–H groups in total. The molecule has 0 atom stereocenters. The lowest BCUT2D eigenvalue weighted by Gasteiger charge is -2.04. The number of hydrogen-bond donors (Lipinski definition) is 1. The van der Waals surface area contributed by atoms with E-state index in [4.69, 9.17) is 9.47 Å². The molecule has 0 aliphatic carbocycles. The van der Waals surface area contributed by atoms with Gasteiger partial charge in [-0.15, -0.1) is 0 Å². The summed E-state index contributed by atoms with van der Waals surface area (Å²) in [7, 11) is 0. The number of nitrogens with zero attached hydrogens (tertiary/aromatic N) is 1. The Hall–Kier alpha value is -1.36. The maximum atomic E-state index is 10.8. The summed E-state index contributed by atoms with van der Waals surface area (Å²) in [6.45, 7) is 3.74. The van der Waals surface area contributed by atoms with E-state index >= 15 is 0 Å². The van der Waals surface area contributed by atoms with Crippen molar-refractivity contribution in [2.24, 2.45) is 0 Å². The third kappa shape index (κ3) is 4.04. The van der Waals surface area contributed by atoms with Crippen LogP contribution in [0.4, 0.5) is 0 Å². The molecule has 0 aliphatic heterocycles. The summed E-state index contributed by atoms with van der Waals surface area (Å²) >= 11 is 0. The van der Waals surface area contributed by atoms with E-state index in [1.165, 1.54) is 12.3 Å². The predicted molar refractivity (Wildman–Crippen MR) is 51.5 cm³/mol. The zero-order valence-corrected chi connectivity index (χ0v) is 8.16. The topological polar surface area (TPSA) is 64.2 Å². The average molecular weight is 198 g/mol. The molecule has 1 aromatic rings. The Morgan fingerprint density at radius 3 is 3.00 bits per heavy atom. The van der Waals surface area contributed by atoms with Crippen LogP contribution in [0.5, 0.6) is 5.75 Å². The minimum atomic E-state index is -0.267. The van der Waals surface area contributed by atoms with Crippen molar-refractivity contribution in [1.29, 1.82) is 0 Å². The molecule has 14 heavy (non-hydrogen) atoms. The van der Waals surface area contributed by atoms with Crippen molar-refractivity contribution in [3.05, 3.63) is 22.6 Å². The molecule has 0 fully saturated rings. The van der Waals surface area contributed by atoms with Crippen LogP contribution in [0, 0.1) is 0 Å². The maximum absolute atomic E-state index is 10.8. The molecule has 1 rings (SSSR count). The van der Waals surface area contributed by atoms with Crippen LogP contribution in [0.15, 0.2) is 17.1 Å². The van der Waals surface area contributed by atoms with Gasteiger partial charge in [0.25, 0.3) is 5.56 Å². The van der Waals surface area contributed by atoms with Crippen molar-refractivity contribution in [3.63, 3.8) is 0 Å². The second-order valence-corrected chi connectivity index (χ2v) is 2.74. The predicted octanol–water partition coefficient (Wildman–Crippen LogP) is 0.575. The summed E-state index contributed by atoms with van der Waals surface area (Å²) in [5.41, 5.74) is -0.267. The van der Waals surface area contributed by atoms with E-state index in [0.29, 0.717) is 19.0 Å². The van der Waals surface area contributed by atoms with Gasteiger partial charge in [0.15, 0.2) is 0 Å². The zero-order valence-electron chi connectivity index (χ0n) is 8.16. The van der Waals surface area contributed by atoms with Crippen LogP contribution in [-0.2, 0) is 4.74 Å². The van der Waals surface area contributed by atoms with Gasteiger partial charge in [-0.25, -0.2) is 5.10 Å². The van der Waals surface area contributed by atoms with Crippen molar-refractivity contribution in [1.82, 2.24) is 10.2 Å². The lowest BCUT2D eigenvalue weighted by molar-refractivity contribution is 0.100. The fourth-order valence-corrected chi connectivity index (χ4v) is 0.902. The van der Waals surface area contributed by atoms with Gasteiger partial charge in [0.1, 0.15) is 12.4 Å². The van der Waals surface area contributed by atoms with Gasteiger partial charge in [-0.1, -0.05) is 6.92 Å². The molecular weight excluding hydrogens is 184 g/mol. The van der Waals surface area contributed by atoms with E-state index in [0.717, 1.165) is 13.0 Å². The molecule has 0 saturated heterocycles. The van der Waals surface area contributed by atoms with Gasteiger partial charge >= 0.3 is 0 Å². The molecule has 0 saturated carbocycles. The molecule has 1 heterocycles. The van der Waals surface area contributed by atoms with Gasteiger partial charge in [-0.05, 0) is 6.42 Å². The molecule has 0 spiro atoms. The highest BCUT2D eigenvalue weighted by Crippen LogP contribution is 2.01. The van der Waals surface area contributed by atoms with Crippen LogP contribution >= 0.6 is 0 Å². The number of H-pyrrole nitrogens is 1. The van der Waals surface area contributed by atoms with Gasteiger partial charge in [0.05, 0.1) is 12.8 Å². The highest BCUT2D eigenvalue weighted by molar-refractivity contribution is 5.12. The minimum absolute atomic E-state index is 0.267. The van der Waals surface area contributed by atoms with Crippen molar-refractivity contribution in [2.75, 3.05) is 19.8 Å². The van der Waals surface area contributed by atoms with Gasteiger partial charge < -0.3 is 9.47 Å². The molecule has 0 aromatic carbocycles. The van der Waals surface area contributed by atoms with E-state index in [2.05, 4.69) is 10.2 Å². The molecule has 5 nitrogen and oxygen atoms in total. The summed E-state index contributed by atoms with van der Waals surface area (Å²) in [6, 6.07) is 1.35. The van der Waals surface area contributed by atoms with Crippen molar-refractivity contribution < 1.29 is 9.47 Å². The Labute approximate surface area is 82.1 Å². The third-order valence-corrected chi connectivity index (χ3v) is 1.48. The smallest absolute Gasteiger partial charge is 0.267 e. The van der Waals surface area contributed by atoms with Crippen LogP contribution in [0.2, 0.25) is 0 Å². The Bertz CT molecular complexity index is 311. The van der Waals surface area contributed by atoms with Crippen LogP contribution in [0.1, 0.15) is 13.3 Å². The Balaban J connectivity index is 2.21. The highest BCUT2D eigenvalue weighted by atomic mass is 16.5. The third-order valence-electron chi connectivity index (χ3n) is 1.48. The van der Waals surface area contributed by atoms with Crippen LogP contribution in [-0.4, -0.2) is 30.0 Å². The average Bonchev–Trinajstić information content (AvgIpc) is 2.18. The first-order valence-electron chi connectivity index (χ1n) is 4.58. The van der Waals surface area contributed by atoms with E-state index in [1.807, 2.05) is 6.92 Å². The Kier molecular flexibility index (Phi) is 4.71. The number of aromatic nitrogens is 2. The standard InChI is InChI=1S/C9H14N2O3/c1-2-3-13-4-5-14-8-6-9(12)11-10-7-8/h6-7H,2-5H2,1H3,(H,11,12). The van der Waals surface area contributed by atoms with E-state index in [9.17, 15) is 4.79 Å². The van der Waals surface area contributed by atoms with Crippen LogP contribution in [0.3, 0.4) is 0 Å². The van der Waals surface area contributed by atoms with Crippen molar-refractivity contribution >= 4 is 0 Å².